The average molecular weight is 297 g/mol. The number of nitrogens with zero attached hydrogens (tertiary/aromatic N) is 1. The van der Waals surface area contributed by atoms with E-state index in [2.05, 4.69) is 5.16 Å². The van der Waals surface area contributed by atoms with Crippen molar-refractivity contribution in [3.8, 4) is 22.8 Å². The van der Waals surface area contributed by atoms with Crippen molar-refractivity contribution < 1.29 is 23.9 Å². The van der Waals surface area contributed by atoms with Gasteiger partial charge >= 0.3 is 5.97 Å². The molecule has 0 amide bonds. The Morgan fingerprint density at radius 3 is 2.59 bits per heavy atom. The number of aromatic nitrogens is 1. The molecule has 22 heavy (non-hydrogen) atoms. The molecule has 0 saturated heterocycles. The maximum Gasteiger partial charge on any atom is 0.335 e. The molecule has 2 aromatic carbocycles. The molecule has 0 aliphatic carbocycles. The van der Waals surface area contributed by atoms with Crippen molar-refractivity contribution in [2.45, 2.75) is 0 Å². The van der Waals surface area contributed by atoms with E-state index in [0.29, 0.717) is 36.0 Å². The number of hydrogen-bond acceptors (Lipinski definition) is 5. The fourth-order valence-electron chi connectivity index (χ4n) is 2.49. The second-order valence-electron chi connectivity index (χ2n) is 4.88. The van der Waals surface area contributed by atoms with Crippen molar-refractivity contribution in [3.63, 3.8) is 0 Å². The van der Waals surface area contributed by atoms with Gasteiger partial charge in [-0.05, 0) is 24.3 Å². The molecule has 1 aliphatic rings. The van der Waals surface area contributed by atoms with E-state index in [1.54, 1.807) is 12.1 Å². The lowest BCUT2D eigenvalue weighted by Crippen LogP contribution is -2.15. The highest BCUT2D eigenvalue weighted by molar-refractivity contribution is 5.96. The minimum atomic E-state index is -0.962. The highest BCUT2D eigenvalue weighted by Gasteiger charge is 2.21. The first kappa shape index (κ1) is 12.7. The Bertz CT molecular complexity index is 866. The van der Waals surface area contributed by atoms with E-state index in [9.17, 15) is 4.79 Å². The summed E-state index contributed by atoms with van der Waals surface area (Å²) in [5.74, 6) is 0.239. The first-order valence-electron chi connectivity index (χ1n) is 6.76. The minimum Gasteiger partial charge on any atom is -0.486 e. The number of rotatable bonds is 2. The molecule has 0 saturated carbocycles. The first-order chi connectivity index (χ1) is 10.7. The number of aromatic carboxylic acids is 1. The normalized spacial score (nSPS) is 13.3. The standard InChI is InChI=1S/C16H11NO5/c18-16(19)10-3-1-9(2-4-10)13-11-5-6-12-15(14(11)22-17-13)21-8-7-20-12/h1-6H,7-8H2,(H,18,19). The minimum absolute atomic E-state index is 0.227. The summed E-state index contributed by atoms with van der Waals surface area (Å²) in [5.41, 5.74) is 2.18. The van der Waals surface area contributed by atoms with Crippen LogP contribution in [0.3, 0.4) is 0 Å². The molecule has 0 bridgehead atoms. The van der Waals surface area contributed by atoms with Crippen molar-refractivity contribution in [2.24, 2.45) is 0 Å². The fourth-order valence-corrected chi connectivity index (χ4v) is 2.49. The van der Waals surface area contributed by atoms with Gasteiger partial charge in [0.2, 0.25) is 11.3 Å². The highest BCUT2D eigenvalue weighted by Crippen LogP contribution is 2.40. The van der Waals surface area contributed by atoms with Gasteiger partial charge in [0.25, 0.3) is 0 Å². The number of carbonyl (C=O) groups is 1. The molecule has 3 aromatic rings. The molecule has 1 aromatic heterocycles. The smallest absolute Gasteiger partial charge is 0.335 e. The number of ether oxygens (including phenoxy) is 2. The van der Waals surface area contributed by atoms with Gasteiger partial charge in [0, 0.05) is 5.56 Å². The molecule has 4 rings (SSSR count). The SMILES string of the molecule is O=C(O)c1ccc(-c2noc3c4c(ccc23)OCCO4)cc1. The van der Waals surface area contributed by atoms with Crippen LogP contribution >= 0.6 is 0 Å². The lowest BCUT2D eigenvalue weighted by molar-refractivity contribution is 0.0697. The number of carboxylic acids is 1. The van der Waals surface area contributed by atoms with Crippen LogP contribution in [0.15, 0.2) is 40.9 Å². The van der Waals surface area contributed by atoms with Crippen LogP contribution in [0.5, 0.6) is 11.5 Å². The molecule has 2 heterocycles. The summed E-state index contributed by atoms with van der Waals surface area (Å²) in [7, 11) is 0. The van der Waals surface area contributed by atoms with Gasteiger partial charge in [-0.2, -0.15) is 0 Å². The van der Waals surface area contributed by atoms with Crippen LogP contribution in [-0.2, 0) is 0 Å². The summed E-state index contributed by atoms with van der Waals surface area (Å²) in [4.78, 5) is 10.9. The van der Waals surface area contributed by atoms with Crippen molar-refractivity contribution in [3.05, 3.63) is 42.0 Å². The molecule has 110 valence electrons. The van der Waals surface area contributed by atoms with Gasteiger partial charge in [0.15, 0.2) is 5.75 Å². The molecule has 0 radical (unpaired) electrons. The van der Waals surface area contributed by atoms with Crippen LogP contribution < -0.4 is 9.47 Å². The summed E-state index contributed by atoms with van der Waals surface area (Å²) < 4.78 is 16.5. The third-order valence-electron chi connectivity index (χ3n) is 3.55. The Balaban J connectivity index is 1.84. The topological polar surface area (TPSA) is 81.8 Å². The van der Waals surface area contributed by atoms with E-state index in [1.807, 2.05) is 12.1 Å². The molecule has 0 spiro atoms. The van der Waals surface area contributed by atoms with E-state index in [-0.39, 0.29) is 5.56 Å². The Morgan fingerprint density at radius 1 is 1.05 bits per heavy atom. The summed E-state index contributed by atoms with van der Waals surface area (Å²) in [6.45, 7) is 0.978. The third kappa shape index (κ3) is 1.88. The Morgan fingerprint density at radius 2 is 1.82 bits per heavy atom. The Kier molecular flexibility index (Phi) is 2.75. The van der Waals surface area contributed by atoms with Gasteiger partial charge in [-0.15, -0.1) is 0 Å². The molecule has 1 aliphatic heterocycles. The van der Waals surface area contributed by atoms with Gasteiger partial charge in [-0.1, -0.05) is 17.3 Å². The van der Waals surface area contributed by atoms with E-state index in [1.165, 1.54) is 12.1 Å². The Hall–Kier alpha value is -3.02. The van der Waals surface area contributed by atoms with Crippen LogP contribution in [0.1, 0.15) is 10.4 Å². The Labute approximate surface area is 124 Å². The number of benzene rings is 2. The summed E-state index contributed by atoms with van der Waals surface area (Å²) in [6, 6.07) is 10.2. The van der Waals surface area contributed by atoms with Crippen LogP contribution in [-0.4, -0.2) is 29.4 Å². The zero-order chi connectivity index (χ0) is 15.1. The quantitative estimate of drug-likeness (QED) is 0.783. The van der Waals surface area contributed by atoms with Gasteiger partial charge in [0.1, 0.15) is 18.9 Å². The number of hydrogen-bond donors (Lipinski definition) is 1. The van der Waals surface area contributed by atoms with Gasteiger partial charge in [-0.25, -0.2) is 4.79 Å². The van der Waals surface area contributed by atoms with Crippen LogP contribution in [0.4, 0.5) is 0 Å². The summed E-state index contributed by atoms with van der Waals surface area (Å²) in [5, 5.41) is 13.8. The highest BCUT2D eigenvalue weighted by atomic mass is 16.6. The van der Waals surface area contributed by atoms with E-state index >= 15 is 0 Å². The van der Waals surface area contributed by atoms with Crippen LogP contribution in [0.25, 0.3) is 22.2 Å². The number of fused-ring (bicyclic) bond motifs is 3. The maximum atomic E-state index is 10.9. The third-order valence-corrected chi connectivity index (χ3v) is 3.55. The van der Waals surface area contributed by atoms with E-state index < -0.39 is 5.97 Å². The second kappa shape index (κ2) is 4.77. The number of carboxylic acid groups (broad SMARTS) is 1. The molecule has 0 atom stereocenters. The van der Waals surface area contributed by atoms with Gasteiger partial charge in [0.05, 0.1) is 10.9 Å². The van der Waals surface area contributed by atoms with Gasteiger partial charge in [-0.3, -0.25) is 0 Å². The molecule has 0 unspecified atom stereocenters. The zero-order valence-corrected chi connectivity index (χ0v) is 11.4. The van der Waals surface area contributed by atoms with Crippen LogP contribution in [0.2, 0.25) is 0 Å². The van der Waals surface area contributed by atoms with Crippen molar-refractivity contribution in [1.82, 2.24) is 5.16 Å². The largest absolute Gasteiger partial charge is 0.486 e. The van der Waals surface area contributed by atoms with Gasteiger partial charge < -0.3 is 19.1 Å². The average Bonchev–Trinajstić information content (AvgIpc) is 2.99. The molecule has 6 heteroatoms. The lowest BCUT2D eigenvalue weighted by atomic mass is 10.1. The second-order valence-corrected chi connectivity index (χ2v) is 4.88. The zero-order valence-electron chi connectivity index (χ0n) is 11.4. The molecule has 6 nitrogen and oxygen atoms in total. The fraction of sp³-hybridized carbons (Fsp3) is 0.125. The molecule has 1 N–H and O–H groups in total. The molecular weight excluding hydrogens is 286 g/mol. The first-order valence-corrected chi connectivity index (χ1v) is 6.76. The van der Waals surface area contributed by atoms with Crippen molar-refractivity contribution in [1.29, 1.82) is 0 Å². The summed E-state index contributed by atoms with van der Waals surface area (Å²) >= 11 is 0. The molecule has 0 fully saturated rings. The van der Waals surface area contributed by atoms with Crippen molar-refractivity contribution in [2.75, 3.05) is 13.2 Å². The predicted octanol–water partition coefficient (Wildman–Crippen LogP) is 2.96. The predicted molar refractivity (Wildman–Crippen MR) is 77.4 cm³/mol. The van der Waals surface area contributed by atoms with Crippen molar-refractivity contribution >= 4 is 16.9 Å². The van der Waals surface area contributed by atoms with E-state index in [4.69, 9.17) is 19.1 Å². The lowest BCUT2D eigenvalue weighted by Gasteiger charge is -2.17. The van der Waals surface area contributed by atoms with E-state index in [0.717, 1.165) is 10.9 Å². The van der Waals surface area contributed by atoms with Crippen LogP contribution in [0, 0.1) is 0 Å². The molecular formula is C16H11NO5. The summed E-state index contributed by atoms with van der Waals surface area (Å²) in [6.07, 6.45) is 0. The maximum absolute atomic E-state index is 10.9. The monoisotopic (exact) mass is 297 g/mol.